The van der Waals surface area contributed by atoms with Crippen LogP contribution in [-0.4, -0.2) is 30.3 Å². The highest BCUT2D eigenvalue weighted by Crippen LogP contribution is 2.40. The third kappa shape index (κ3) is 2.69. The van der Waals surface area contributed by atoms with E-state index in [0.29, 0.717) is 0 Å². The minimum Gasteiger partial charge on any atom is -0.497 e. The summed E-state index contributed by atoms with van der Waals surface area (Å²) in [5.41, 5.74) is 0.825. The zero-order chi connectivity index (χ0) is 12.3. The highest BCUT2D eigenvalue weighted by atomic mass is 32.2. The van der Waals surface area contributed by atoms with E-state index in [2.05, 4.69) is 0 Å². The first-order chi connectivity index (χ1) is 8.26. The van der Waals surface area contributed by atoms with Gasteiger partial charge < -0.3 is 14.6 Å². The Hall–Kier alpha value is -0.870. The minimum atomic E-state index is -0.479. The van der Waals surface area contributed by atoms with Gasteiger partial charge in [0, 0.05) is 10.8 Å². The molecule has 0 saturated carbocycles. The molecule has 2 unspecified atom stereocenters. The van der Waals surface area contributed by atoms with Crippen molar-refractivity contribution in [3.63, 3.8) is 0 Å². The second kappa shape index (κ2) is 5.65. The van der Waals surface area contributed by atoms with Crippen molar-refractivity contribution in [3.05, 3.63) is 23.8 Å². The summed E-state index contributed by atoms with van der Waals surface area (Å²) in [7, 11) is 3.25. The van der Waals surface area contributed by atoms with Crippen LogP contribution in [0.3, 0.4) is 0 Å². The molecule has 3 nitrogen and oxygen atoms in total. The fourth-order valence-electron chi connectivity index (χ4n) is 2.12. The molecule has 0 amide bonds. The number of aliphatic hydroxyl groups excluding tert-OH is 1. The molecule has 0 spiro atoms. The van der Waals surface area contributed by atoms with E-state index < -0.39 is 6.10 Å². The second-order valence-corrected chi connectivity index (χ2v) is 5.45. The molecule has 0 bridgehead atoms. The summed E-state index contributed by atoms with van der Waals surface area (Å²) in [6.07, 6.45) is 1.76. The predicted molar refractivity (Wildman–Crippen MR) is 70.0 cm³/mol. The number of thioether (sulfide) groups is 1. The van der Waals surface area contributed by atoms with Crippen LogP contribution < -0.4 is 9.47 Å². The summed E-state index contributed by atoms with van der Waals surface area (Å²) in [5, 5.41) is 10.7. The Kier molecular flexibility index (Phi) is 4.18. The van der Waals surface area contributed by atoms with Crippen molar-refractivity contribution in [2.45, 2.75) is 24.2 Å². The number of ether oxygens (including phenoxy) is 2. The minimum absolute atomic E-state index is 0.274. The molecule has 1 saturated heterocycles. The molecule has 1 N–H and O–H groups in total. The fourth-order valence-corrected chi connectivity index (χ4v) is 3.42. The summed E-state index contributed by atoms with van der Waals surface area (Å²) < 4.78 is 10.5. The molecule has 0 aliphatic carbocycles. The standard InChI is InChI=1S/C13H18O3S/c1-15-9-5-6-11(16-2)10(8-9)13(14)12-4-3-7-17-12/h5-6,8,12-14H,3-4,7H2,1-2H3. The van der Waals surface area contributed by atoms with Crippen molar-refractivity contribution in [3.8, 4) is 11.5 Å². The molecule has 1 aromatic carbocycles. The lowest BCUT2D eigenvalue weighted by molar-refractivity contribution is 0.168. The maximum atomic E-state index is 10.4. The average molecular weight is 254 g/mol. The van der Waals surface area contributed by atoms with Gasteiger partial charge in [-0.1, -0.05) is 0 Å². The SMILES string of the molecule is COc1ccc(OC)c(C(O)C2CCCS2)c1. The predicted octanol–water partition coefficient (Wildman–Crippen LogP) is 2.63. The van der Waals surface area contributed by atoms with Crippen LogP contribution >= 0.6 is 11.8 Å². The van der Waals surface area contributed by atoms with Gasteiger partial charge >= 0.3 is 0 Å². The van der Waals surface area contributed by atoms with Crippen LogP contribution in [0, 0.1) is 0 Å². The Balaban J connectivity index is 2.27. The van der Waals surface area contributed by atoms with E-state index in [4.69, 9.17) is 9.47 Å². The van der Waals surface area contributed by atoms with Crippen molar-refractivity contribution >= 4 is 11.8 Å². The molecule has 1 aliphatic rings. The van der Waals surface area contributed by atoms with Crippen molar-refractivity contribution in [1.29, 1.82) is 0 Å². The van der Waals surface area contributed by atoms with E-state index in [-0.39, 0.29) is 5.25 Å². The zero-order valence-electron chi connectivity index (χ0n) is 10.2. The van der Waals surface area contributed by atoms with Crippen LogP contribution in [0.4, 0.5) is 0 Å². The van der Waals surface area contributed by atoms with Crippen LogP contribution in [0.2, 0.25) is 0 Å². The first kappa shape index (κ1) is 12.6. The van der Waals surface area contributed by atoms with Gasteiger partial charge in [0.2, 0.25) is 0 Å². The van der Waals surface area contributed by atoms with Crippen LogP contribution in [0.25, 0.3) is 0 Å². The summed E-state index contributed by atoms with van der Waals surface area (Å²) >= 11 is 1.83. The molecule has 1 aromatic rings. The summed E-state index contributed by atoms with van der Waals surface area (Å²) in [6.45, 7) is 0. The maximum absolute atomic E-state index is 10.4. The van der Waals surface area contributed by atoms with Gasteiger partial charge in [0.1, 0.15) is 11.5 Å². The number of hydrogen-bond donors (Lipinski definition) is 1. The molecular weight excluding hydrogens is 236 g/mol. The molecule has 0 aromatic heterocycles. The van der Waals surface area contributed by atoms with Gasteiger partial charge in [0.15, 0.2) is 0 Å². The highest BCUT2D eigenvalue weighted by Gasteiger charge is 2.27. The smallest absolute Gasteiger partial charge is 0.124 e. The van der Waals surface area contributed by atoms with E-state index in [1.54, 1.807) is 14.2 Å². The lowest BCUT2D eigenvalue weighted by Gasteiger charge is -2.20. The van der Waals surface area contributed by atoms with Crippen LogP contribution in [0.5, 0.6) is 11.5 Å². The number of aliphatic hydroxyl groups is 1. The Labute approximate surface area is 106 Å². The third-order valence-corrected chi connectivity index (χ3v) is 4.52. The summed E-state index contributed by atoms with van der Waals surface area (Å²) in [6, 6.07) is 5.55. The number of rotatable bonds is 4. The Morgan fingerprint density at radius 1 is 1.35 bits per heavy atom. The van der Waals surface area contributed by atoms with Gasteiger partial charge in [0.05, 0.1) is 20.3 Å². The van der Waals surface area contributed by atoms with Crippen molar-refractivity contribution in [1.82, 2.24) is 0 Å². The van der Waals surface area contributed by atoms with Gasteiger partial charge in [-0.05, 0) is 36.8 Å². The van der Waals surface area contributed by atoms with Gasteiger partial charge in [-0.15, -0.1) is 0 Å². The van der Waals surface area contributed by atoms with Crippen molar-refractivity contribution in [2.24, 2.45) is 0 Å². The number of methoxy groups -OCH3 is 2. The van der Waals surface area contributed by atoms with Gasteiger partial charge in [0.25, 0.3) is 0 Å². The lowest BCUT2D eigenvalue weighted by Crippen LogP contribution is -2.13. The summed E-state index contributed by atoms with van der Waals surface area (Å²) in [5.74, 6) is 2.61. The first-order valence-electron chi connectivity index (χ1n) is 5.78. The largest absolute Gasteiger partial charge is 0.497 e. The van der Waals surface area contributed by atoms with Gasteiger partial charge in [-0.3, -0.25) is 0 Å². The Morgan fingerprint density at radius 2 is 2.18 bits per heavy atom. The Morgan fingerprint density at radius 3 is 2.76 bits per heavy atom. The van der Waals surface area contributed by atoms with Gasteiger partial charge in [-0.2, -0.15) is 11.8 Å². The first-order valence-corrected chi connectivity index (χ1v) is 6.82. The van der Waals surface area contributed by atoms with E-state index in [0.717, 1.165) is 29.2 Å². The molecule has 2 rings (SSSR count). The molecule has 2 atom stereocenters. The lowest BCUT2D eigenvalue weighted by atomic mass is 10.0. The molecule has 94 valence electrons. The molecule has 4 heteroatoms. The van der Waals surface area contributed by atoms with Crippen LogP contribution in [0.15, 0.2) is 18.2 Å². The number of hydrogen-bond acceptors (Lipinski definition) is 4. The fraction of sp³-hybridized carbons (Fsp3) is 0.538. The molecule has 1 fully saturated rings. The normalized spacial score (nSPS) is 21.2. The monoisotopic (exact) mass is 254 g/mol. The van der Waals surface area contributed by atoms with Crippen molar-refractivity contribution in [2.75, 3.05) is 20.0 Å². The number of benzene rings is 1. The molecule has 1 aliphatic heterocycles. The molecule has 1 heterocycles. The van der Waals surface area contributed by atoms with Crippen molar-refractivity contribution < 1.29 is 14.6 Å². The molecular formula is C13H18O3S. The van der Waals surface area contributed by atoms with E-state index >= 15 is 0 Å². The Bertz CT molecular complexity index is 375. The highest BCUT2D eigenvalue weighted by molar-refractivity contribution is 8.00. The van der Waals surface area contributed by atoms with Crippen LogP contribution in [0.1, 0.15) is 24.5 Å². The molecule has 0 radical (unpaired) electrons. The van der Waals surface area contributed by atoms with Crippen LogP contribution in [-0.2, 0) is 0 Å². The van der Waals surface area contributed by atoms with Gasteiger partial charge in [-0.25, -0.2) is 0 Å². The third-order valence-electron chi connectivity index (χ3n) is 3.07. The van der Waals surface area contributed by atoms with E-state index in [1.165, 1.54) is 6.42 Å². The molecule has 17 heavy (non-hydrogen) atoms. The quantitative estimate of drug-likeness (QED) is 0.896. The summed E-state index contributed by atoms with van der Waals surface area (Å²) in [4.78, 5) is 0. The second-order valence-electron chi connectivity index (χ2n) is 4.10. The maximum Gasteiger partial charge on any atom is 0.124 e. The van der Waals surface area contributed by atoms with E-state index in [1.807, 2.05) is 30.0 Å². The van der Waals surface area contributed by atoms with E-state index in [9.17, 15) is 5.11 Å². The zero-order valence-corrected chi connectivity index (χ0v) is 11.0. The average Bonchev–Trinajstić information content (AvgIpc) is 2.91. The topological polar surface area (TPSA) is 38.7 Å².